The molecule has 0 saturated carbocycles. The number of nitrogens with zero attached hydrogens (tertiary/aromatic N) is 2. The summed E-state index contributed by atoms with van der Waals surface area (Å²) in [4.78, 5) is 29.8. The molecule has 0 aromatic carbocycles. The highest BCUT2D eigenvalue weighted by Gasteiger charge is 2.42. The van der Waals surface area contributed by atoms with Crippen LogP contribution in [0.5, 0.6) is 0 Å². The van der Waals surface area contributed by atoms with Crippen LogP contribution in [0.2, 0.25) is 0 Å². The highest BCUT2D eigenvalue weighted by Crippen LogP contribution is 2.37. The monoisotopic (exact) mass is 274 g/mol. The number of rotatable bonds is 5. The van der Waals surface area contributed by atoms with Crippen LogP contribution in [0.25, 0.3) is 0 Å². The number of ketones is 1. The fraction of sp³-hybridized carbons (Fsp3) is 0.400. The number of amides is 1. The van der Waals surface area contributed by atoms with Crippen molar-refractivity contribution in [3.8, 4) is 0 Å². The molecule has 0 fully saturated rings. The molecule has 1 aliphatic rings. The molecule has 1 aliphatic heterocycles. The summed E-state index contributed by atoms with van der Waals surface area (Å²) in [6.45, 7) is 4.16. The van der Waals surface area contributed by atoms with Crippen molar-refractivity contribution in [2.75, 3.05) is 6.54 Å². The Labute approximate surface area is 117 Å². The topological polar surface area (TPSA) is 70.5 Å². The standard InChI is InChI=1S/C15H18N2O3/c1-3-8-17-13(10-6-5-7-16-9-10)12(11(18)4-2)14(19)15(17)20/h5-7,9,13,19H,3-4,8H2,1-2H3. The Kier molecular flexibility index (Phi) is 4.17. The van der Waals surface area contributed by atoms with Crippen LogP contribution in [0.15, 0.2) is 35.9 Å². The summed E-state index contributed by atoms with van der Waals surface area (Å²) in [5, 5.41) is 10.0. The van der Waals surface area contributed by atoms with E-state index >= 15 is 0 Å². The van der Waals surface area contributed by atoms with E-state index in [2.05, 4.69) is 4.98 Å². The maximum Gasteiger partial charge on any atom is 0.290 e. The van der Waals surface area contributed by atoms with Crippen molar-refractivity contribution in [2.45, 2.75) is 32.7 Å². The molecule has 0 radical (unpaired) electrons. The van der Waals surface area contributed by atoms with Crippen molar-refractivity contribution in [2.24, 2.45) is 0 Å². The van der Waals surface area contributed by atoms with Gasteiger partial charge in [0, 0.05) is 25.4 Å². The van der Waals surface area contributed by atoms with Crippen molar-refractivity contribution in [3.05, 3.63) is 41.4 Å². The second-order valence-electron chi connectivity index (χ2n) is 4.73. The normalized spacial score (nSPS) is 18.8. The molecule has 5 heteroatoms. The van der Waals surface area contributed by atoms with E-state index < -0.39 is 17.7 Å². The zero-order chi connectivity index (χ0) is 14.7. The number of aliphatic hydroxyl groups is 1. The fourth-order valence-corrected chi connectivity index (χ4v) is 2.48. The lowest BCUT2D eigenvalue weighted by Gasteiger charge is -2.26. The summed E-state index contributed by atoms with van der Waals surface area (Å²) >= 11 is 0. The molecule has 5 nitrogen and oxygen atoms in total. The maximum atomic E-state index is 12.2. The van der Waals surface area contributed by atoms with E-state index in [4.69, 9.17) is 0 Å². The first-order chi connectivity index (χ1) is 9.61. The summed E-state index contributed by atoms with van der Waals surface area (Å²) < 4.78 is 0. The van der Waals surface area contributed by atoms with E-state index in [1.807, 2.05) is 13.0 Å². The molecule has 1 amide bonds. The Bertz CT molecular complexity index is 551. The number of hydrogen-bond acceptors (Lipinski definition) is 4. The number of hydrogen-bond donors (Lipinski definition) is 1. The van der Waals surface area contributed by atoms with Crippen molar-refractivity contribution in [1.82, 2.24) is 9.88 Å². The highest BCUT2D eigenvalue weighted by atomic mass is 16.3. The molecule has 0 saturated heterocycles. The Hall–Kier alpha value is -2.17. The van der Waals surface area contributed by atoms with Crippen LogP contribution >= 0.6 is 0 Å². The van der Waals surface area contributed by atoms with Crippen LogP contribution in [0.4, 0.5) is 0 Å². The maximum absolute atomic E-state index is 12.2. The lowest BCUT2D eigenvalue weighted by molar-refractivity contribution is -0.129. The molecular weight excluding hydrogens is 256 g/mol. The van der Waals surface area contributed by atoms with E-state index in [1.165, 1.54) is 4.90 Å². The molecule has 1 unspecified atom stereocenters. The van der Waals surface area contributed by atoms with Gasteiger partial charge in [-0.15, -0.1) is 0 Å². The Balaban J connectivity index is 2.51. The van der Waals surface area contributed by atoms with E-state index in [1.54, 1.807) is 25.4 Å². The third kappa shape index (κ3) is 2.31. The summed E-state index contributed by atoms with van der Waals surface area (Å²) in [6.07, 6.45) is 4.27. The van der Waals surface area contributed by atoms with Crippen LogP contribution in [0, 0.1) is 0 Å². The lowest BCUT2D eigenvalue weighted by atomic mass is 9.96. The molecule has 2 rings (SSSR count). The van der Waals surface area contributed by atoms with E-state index in [0.29, 0.717) is 6.54 Å². The zero-order valence-electron chi connectivity index (χ0n) is 11.7. The largest absolute Gasteiger partial charge is 0.503 e. The zero-order valence-corrected chi connectivity index (χ0v) is 11.7. The van der Waals surface area contributed by atoms with Crippen molar-refractivity contribution < 1.29 is 14.7 Å². The minimum Gasteiger partial charge on any atom is -0.503 e. The molecular formula is C15H18N2O3. The van der Waals surface area contributed by atoms with Gasteiger partial charge < -0.3 is 10.0 Å². The van der Waals surface area contributed by atoms with Crippen LogP contribution in [-0.4, -0.2) is 33.2 Å². The summed E-state index contributed by atoms with van der Waals surface area (Å²) in [7, 11) is 0. The van der Waals surface area contributed by atoms with Crippen molar-refractivity contribution in [1.29, 1.82) is 0 Å². The Morgan fingerprint density at radius 1 is 1.45 bits per heavy atom. The van der Waals surface area contributed by atoms with E-state index in [9.17, 15) is 14.7 Å². The number of carbonyl (C=O) groups is 2. The fourth-order valence-electron chi connectivity index (χ4n) is 2.48. The Morgan fingerprint density at radius 3 is 2.75 bits per heavy atom. The lowest BCUT2D eigenvalue weighted by Crippen LogP contribution is -2.31. The third-order valence-corrected chi connectivity index (χ3v) is 3.39. The van der Waals surface area contributed by atoms with Gasteiger partial charge in [-0.3, -0.25) is 14.6 Å². The number of Topliss-reactive ketones (excluding diaryl/α,β-unsaturated/α-hetero) is 1. The summed E-state index contributed by atoms with van der Waals surface area (Å²) in [6, 6.07) is 3.05. The highest BCUT2D eigenvalue weighted by molar-refractivity contribution is 6.08. The Morgan fingerprint density at radius 2 is 2.20 bits per heavy atom. The van der Waals surface area contributed by atoms with Crippen LogP contribution in [-0.2, 0) is 9.59 Å². The summed E-state index contributed by atoms with van der Waals surface area (Å²) in [5.74, 6) is -1.10. The molecule has 20 heavy (non-hydrogen) atoms. The molecule has 1 atom stereocenters. The smallest absolute Gasteiger partial charge is 0.290 e. The molecule has 1 aromatic heterocycles. The van der Waals surface area contributed by atoms with Gasteiger partial charge in [-0.25, -0.2) is 0 Å². The molecule has 106 valence electrons. The van der Waals surface area contributed by atoms with E-state index in [0.717, 1.165) is 12.0 Å². The van der Waals surface area contributed by atoms with Gasteiger partial charge in [0.1, 0.15) is 0 Å². The first-order valence-electron chi connectivity index (χ1n) is 6.79. The van der Waals surface area contributed by atoms with Gasteiger partial charge in [0.2, 0.25) is 0 Å². The molecule has 0 aliphatic carbocycles. The number of carbonyl (C=O) groups excluding carboxylic acids is 2. The van der Waals surface area contributed by atoms with Gasteiger partial charge in [-0.2, -0.15) is 0 Å². The molecule has 1 aromatic rings. The molecule has 0 bridgehead atoms. The quantitative estimate of drug-likeness (QED) is 0.893. The first kappa shape index (κ1) is 14.2. The van der Waals surface area contributed by atoms with Crippen molar-refractivity contribution in [3.63, 3.8) is 0 Å². The molecule has 0 spiro atoms. The van der Waals surface area contributed by atoms with Gasteiger partial charge in [-0.1, -0.05) is 19.9 Å². The van der Waals surface area contributed by atoms with Crippen LogP contribution in [0.1, 0.15) is 38.3 Å². The average Bonchev–Trinajstić information content (AvgIpc) is 2.73. The minimum atomic E-state index is -0.524. The van der Waals surface area contributed by atoms with Gasteiger partial charge in [0.25, 0.3) is 5.91 Å². The SMILES string of the molecule is CCCN1C(=O)C(O)=C(C(=O)CC)C1c1cccnc1. The third-order valence-electron chi connectivity index (χ3n) is 3.39. The average molecular weight is 274 g/mol. The number of aliphatic hydroxyl groups excluding tert-OH is 1. The van der Waals surface area contributed by atoms with Crippen LogP contribution < -0.4 is 0 Å². The second-order valence-corrected chi connectivity index (χ2v) is 4.73. The molecule has 1 N–H and O–H groups in total. The van der Waals surface area contributed by atoms with Crippen molar-refractivity contribution >= 4 is 11.7 Å². The predicted molar refractivity (Wildman–Crippen MR) is 73.9 cm³/mol. The van der Waals surface area contributed by atoms with Crippen LogP contribution in [0.3, 0.4) is 0 Å². The van der Waals surface area contributed by atoms with Gasteiger partial charge in [0.05, 0.1) is 11.6 Å². The first-order valence-corrected chi connectivity index (χ1v) is 6.79. The minimum absolute atomic E-state index is 0.193. The number of pyridine rings is 1. The number of aromatic nitrogens is 1. The second kappa shape index (κ2) is 5.86. The van der Waals surface area contributed by atoms with E-state index in [-0.39, 0.29) is 17.8 Å². The molecule has 2 heterocycles. The van der Waals surface area contributed by atoms with Gasteiger partial charge in [-0.05, 0) is 18.1 Å². The van der Waals surface area contributed by atoms with Gasteiger partial charge in [0.15, 0.2) is 11.5 Å². The van der Waals surface area contributed by atoms with Gasteiger partial charge >= 0.3 is 0 Å². The summed E-state index contributed by atoms with van der Waals surface area (Å²) in [5.41, 5.74) is 0.939. The predicted octanol–water partition coefficient (Wildman–Crippen LogP) is 2.17.